The molecule has 1 atom stereocenters. The summed E-state index contributed by atoms with van der Waals surface area (Å²) in [6, 6.07) is 8.52. The van der Waals surface area contributed by atoms with Gasteiger partial charge in [-0.25, -0.2) is 13.3 Å². The highest BCUT2D eigenvalue weighted by Gasteiger charge is 2.42. The lowest BCUT2D eigenvalue weighted by atomic mass is 10.3. The Morgan fingerprint density at radius 3 is 2.47 bits per heavy atom. The van der Waals surface area contributed by atoms with E-state index in [0.717, 1.165) is 4.90 Å². The van der Waals surface area contributed by atoms with Gasteiger partial charge in [-0.3, -0.25) is 9.59 Å². The number of nitrogens with zero attached hydrogens (tertiary/aromatic N) is 1. The van der Waals surface area contributed by atoms with Crippen LogP contribution in [-0.4, -0.2) is 31.2 Å². The van der Waals surface area contributed by atoms with E-state index in [2.05, 4.69) is 0 Å². The maximum Gasteiger partial charge on any atom is 0.248 e. The smallest absolute Gasteiger partial charge is 0.248 e. The van der Waals surface area contributed by atoms with Crippen molar-refractivity contribution in [2.45, 2.75) is 18.6 Å². The van der Waals surface area contributed by atoms with Crippen LogP contribution in [0.15, 0.2) is 30.3 Å². The molecule has 1 aliphatic rings. The van der Waals surface area contributed by atoms with Crippen molar-refractivity contribution < 1.29 is 18.0 Å². The SMILES string of the molecule is CCS(=O)(=O)SC1CC(=O)N(c2ccccc2)C1=O. The quantitative estimate of drug-likeness (QED) is 0.621. The number of anilines is 1. The van der Waals surface area contributed by atoms with Crippen molar-refractivity contribution in [2.24, 2.45) is 0 Å². The molecule has 1 fully saturated rings. The second-order valence-corrected chi connectivity index (χ2v) is 8.59. The molecule has 1 heterocycles. The third kappa shape index (κ3) is 2.98. The molecule has 0 bridgehead atoms. The van der Waals surface area contributed by atoms with Crippen LogP contribution in [-0.2, 0) is 18.5 Å². The summed E-state index contributed by atoms with van der Waals surface area (Å²) in [5.74, 6) is -0.876. The summed E-state index contributed by atoms with van der Waals surface area (Å²) < 4.78 is 23.1. The molecule has 5 nitrogen and oxygen atoms in total. The van der Waals surface area contributed by atoms with Gasteiger partial charge in [0, 0.05) is 6.42 Å². The second kappa shape index (κ2) is 5.34. The minimum absolute atomic E-state index is 0.0546. The first kappa shape index (κ1) is 14.1. The van der Waals surface area contributed by atoms with Gasteiger partial charge < -0.3 is 0 Å². The third-order valence-corrected chi connectivity index (χ3v) is 6.62. The number of para-hydroxylation sites is 1. The minimum atomic E-state index is -3.35. The van der Waals surface area contributed by atoms with Crippen molar-refractivity contribution in [3.8, 4) is 0 Å². The molecule has 0 saturated carbocycles. The van der Waals surface area contributed by atoms with Crippen LogP contribution in [0.3, 0.4) is 0 Å². The van der Waals surface area contributed by atoms with Crippen molar-refractivity contribution >= 4 is 37.2 Å². The lowest BCUT2D eigenvalue weighted by Crippen LogP contribution is -2.31. The molecule has 0 radical (unpaired) electrons. The van der Waals surface area contributed by atoms with Crippen LogP contribution in [0.2, 0.25) is 0 Å². The number of carbonyl (C=O) groups excluding carboxylic acids is 2. The predicted octanol–water partition coefficient (Wildman–Crippen LogP) is 1.40. The van der Waals surface area contributed by atoms with E-state index in [1.165, 1.54) is 6.92 Å². The van der Waals surface area contributed by atoms with Crippen molar-refractivity contribution in [3.05, 3.63) is 30.3 Å². The first-order valence-electron chi connectivity index (χ1n) is 5.77. The van der Waals surface area contributed by atoms with Gasteiger partial charge in [-0.1, -0.05) is 25.1 Å². The van der Waals surface area contributed by atoms with Crippen LogP contribution in [0, 0.1) is 0 Å². The first-order chi connectivity index (χ1) is 8.94. The first-order valence-corrected chi connectivity index (χ1v) is 8.82. The van der Waals surface area contributed by atoms with Crippen molar-refractivity contribution in [2.75, 3.05) is 10.7 Å². The van der Waals surface area contributed by atoms with Crippen molar-refractivity contribution in [1.29, 1.82) is 0 Å². The monoisotopic (exact) mass is 299 g/mol. The molecule has 102 valence electrons. The van der Waals surface area contributed by atoms with E-state index in [0.29, 0.717) is 16.5 Å². The molecule has 1 aromatic rings. The number of imide groups is 1. The predicted molar refractivity (Wildman–Crippen MR) is 74.4 cm³/mol. The van der Waals surface area contributed by atoms with Gasteiger partial charge in [-0.2, -0.15) is 0 Å². The Hall–Kier alpha value is -1.34. The number of benzene rings is 1. The fourth-order valence-electron chi connectivity index (χ4n) is 1.77. The zero-order chi connectivity index (χ0) is 14.0. The van der Waals surface area contributed by atoms with E-state index < -0.39 is 20.0 Å². The Kier molecular flexibility index (Phi) is 3.96. The van der Waals surface area contributed by atoms with Crippen LogP contribution in [0.1, 0.15) is 13.3 Å². The van der Waals surface area contributed by atoms with E-state index in [4.69, 9.17) is 0 Å². The Balaban J connectivity index is 2.23. The molecule has 0 aliphatic carbocycles. The van der Waals surface area contributed by atoms with Gasteiger partial charge >= 0.3 is 0 Å². The molecular weight excluding hydrogens is 286 g/mol. The number of rotatable bonds is 4. The molecule has 2 rings (SSSR count). The maximum absolute atomic E-state index is 12.1. The van der Waals surface area contributed by atoms with Gasteiger partial charge in [0.1, 0.15) is 5.25 Å². The van der Waals surface area contributed by atoms with Crippen molar-refractivity contribution in [1.82, 2.24) is 0 Å². The molecule has 7 heteroatoms. The topological polar surface area (TPSA) is 71.5 Å². The van der Waals surface area contributed by atoms with Gasteiger partial charge in [0.05, 0.1) is 11.4 Å². The fourth-order valence-corrected chi connectivity index (χ4v) is 4.58. The normalized spacial score (nSPS) is 20.1. The summed E-state index contributed by atoms with van der Waals surface area (Å²) in [5, 5.41) is -0.836. The molecule has 19 heavy (non-hydrogen) atoms. The highest BCUT2D eigenvalue weighted by Crippen LogP contribution is 2.32. The van der Waals surface area contributed by atoms with Gasteiger partial charge in [0.15, 0.2) is 0 Å². The van der Waals surface area contributed by atoms with Crippen molar-refractivity contribution in [3.63, 3.8) is 0 Å². The molecule has 1 saturated heterocycles. The number of hydrogen-bond acceptors (Lipinski definition) is 5. The summed E-state index contributed by atoms with van der Waals surface area (Å²) >= 11 is 0. The molecule has 1 aliphatic heterocycles. The van der Waals surface area contributed by atoms with Crippen LogP contribution in [0.25, 0.3) is 0 Å². The molecular formula is C12H13NO4S2. The van der Waals surface area contributed by atoms with Gasteiger partial charge in [-0.15, -0.1) is 0 Å². The van der Waals surface area contributed by atoms with E-state index in [1.54, 1.807) is 30.3 Å². The van der Waals surface area contributed by atoms with Gasteiger partial charge in [-0.05, 0) is 22.9 Å². The summed E-state index contributed by atoms with van der Waals surface area (Å²) in [5.41, 5.74) is 0.481. The standard InChI is InChI=1S/C12H13NO4S2/c1-2-19(16,17)18-10-8-11(14)13(12(10)15)9-6-4-3-5-7-9/h3-7,10H,2,8H2,1H3. The average Bonchev–Trinajstić information content (AvgIpc) is 2.65. The Morgan fingerprint density at radius 1 is 1.26 bits per heavy atom. The zero-order valence-corrected chi connectivity index (χ0v) is 11.9. The van der Waals surface area contributed by atoms with E-state index in [1.807, 2.05) is 0 Å². The molecule has 1 unspecified atom stereocenters. The zero-order valence-electron chi connectivity index (χ0n) is 10.3. The Labute approximate surface area is 115 Å². The Morgan fingerprint density at radius 2 is 1.89 bits per heavy atom. The summed E-state index contributed by atoms with van der Waals surface area (Å²) in [6.07, 6.45) is -0.0718. The summed E-state index contributed by atoms with van der Waals surface area (Å²) in [7, 11) is -2.77. The highest BCUT2D eigenvalue weighted by atomic mass is 33.1. The van der Waals surface area contributed by atoms with Crippen LogP contribution in [0.4, 0.5) is 5.69 Å². The number of carbonyl (C=O) groups is 2. The van der Waals surface area contributed by atoms with Gasteiger partial charge in [0.25, 0.3) is 0 Å². The third-order valence-electron chi connectivity index (χ3n) is 2.74. The minimum Gasteiger partial charge on any atom is -0.274 e. The molecule has 0 aromatic heterocycles. The van der Waals surface area contributed by atoms with Crippen LogP contribution >= 0.6 is 10.8 Å². The van der Waals surface area contributed by atoms with Gasteiger partial charge in [0.2, 0.25) is 20.7 Å². The van der Waals surface area contributed by atoms with Crippen LogP contribution in [0.5, 0.6) is 0 Å². The van der Waals surface area contributed by atoms with Crippen LogP contribution < -0.4 is 4.90 Å². The van der Waals surface area contributed by atoms with E-state index in [9.17, 15) is 18.0 Å². The largest absolute Gasteiger partial charge is 0.274 e. The second-order valence-electron chi connectivity index (χ2n) is 4.04. The highest BCUT2D eigenvalue weighted by molar-refractivity contribution is 8.72. The molecule has 0 N–H and O–H groups in total. The summed E-state index contributed by atoms with van der Waals surface area (Å²) in [4.78, 5) is 25.1. The summed E-state index contributed by atoms with van der Waals surface area (Å²) in [6.45, 7) is 1.51. The lowest BCUT2D eigenvalue weighted by Gasteiger charge is -2.14. The van der Waals surface area contributed by atoms with E-state index >= 15 is 0 Å². The molecule has 0 spiro atoms. The fraction of sp³-hybridized carbons (Fsp3) is 0.333. The maximum atomic E-state index is 12.1. The number of amides is 2. The number of hydrogen-bond donors (Lipinski definition) is 0. The van der Waals surface area contributed by atoms with E-state index in [-0.39, 0.29) is 18.1 Å². The average molecular weight is 299 g/mol. The molecule has 2 amide bonds. The molecule has 1 aromatic carbocycles. The lowest BCUT2D eigenvalue weighted by molar-refractivity contribution is -0.121. The Bertz CT molecular complexity index is 597.